The molecule has 1 fully saturated rings. The minimum absolute atomic E-state index is 0.0812. The van der Waals surface area contributed by atoms with Crippen molar-refractivity contribution in [1.82, 2.24) is 5.32 Å². The van der Waals surface area contributed by atoms with E-state index in [2.05, 4.69) is 5.32 Å². The number of hydrogen-bond donors (Lipinski definition) is 3. The maximum absolute atomic E-state index is 12.9. The van der Waals surface area contributed by atoms with Crippen LogP contribution in [0.25, 0.3) is 0 Å². The summed E-state index contributed by atoms with van der Waals surface area (Å²) >= 11 is 0. The Morgan fingerprint density at radius 2 is 2.16 bits per heavy atom. The van der Waals surface area contributed by atoms with E-state index in [1.165, 1.54) is 12.1 Å². The van der Waals surface area contributed by atoms with Crippen LogP contribution in [0, 0.1) is 5.82 Å². The molecule has 0 spiro atoms. The molecule has 1 aliphatic rings. The highest BCUT2D eigenvalue weighted by Crippen LogP contribution is 2.22. The Bertz CT molecular complexity index is 473. The van der Waals surface area contributed by atoms with E-state index in [4.69, 9.17) is 10.5 Å². The number of aliphatic hydroxyl groups is 1. The summed E-state index contributed by atoms with van der Waals surface area (Å²) in [4.78, 5) is 12.1. The van der Waals surface area contributed by atoms with Crippen LogP contribution in [0.15, 0.2) is 18.2 Å². The number of nitrogens with one attached hydrogen (secondary N) is 1. The van der Waals surface area contributed by atoms with Crippen LogP contribution in [0.2, 0.25) is 0 Å². The average molecular weight is 268 g/mol. The lowest BCUT2D eigenvalue weighted by Gasteiger charge is -2.36. The molecule has 0 atom stereocenters. The molecule has 1 aromatic rings. The van der Waals surface area contributed by atoms with Gasteiger partial charge in [-0.25, -0.2) is 4.39 Å². The van der Waals surface area contributed by atoms with Gasteiger partial charge in [0.25, 0.3) is 5.91 Å². The number of carbonyl (C=O) groups excluding carboxylic acids is 1. The number of amides is 1. The van der Waals surface area contributed by atoms with E-state index in [1.54, 1.807) is 0 Å². The minimum Gasteiger partial charge on any atom is -0.398 e. The Morgan fingerprint density at radius 1 is 1.47 bits per heavy atom. The fraction of sp³-hybridized carbons (Fsp3) is 0.462. The molecule has 2 rings (SSSR count). The van der Waals surface area contributed by atoms with E-state index < -0.39 is 17.3 Å². The molecule has 0 aliphatic carbocycles. The molecule has 0 unspecified atom stereocenters. The van der Waals surface area contributed by atoms with Crippen LogP contribution >= 0.6 is 0 Å². The van der Waals surface area contributed by atoms with Gasteiger partial charge in [-0.2, -0.15) is 0 Å². The van der Waals surface area contributed by atoms with Gasteiger partial charge in [-0.15, -0.1) is 0 Å². The second-order valence-corrected chi connectivity index (χ2v) is 4.74. The van der Waals surface area contributed by atoms with Crippen LogP contribution in [0.3, 0.4) is 0 Å². The third-order valence-corrected chi connectivity index (χ3v) is 3.39. The van der Waals surface area contributed by atoms with Crippen molar-refractivity contribution in [3.05, 3.63) is 29.6 Å². The number of ether oxygens (including phenoxy) is 1. The molecule has 0 aromatic heterocycles. The molecule has 0 bridgehead atoms. The maximum Gasteiger partial charge on any atom is 0.253 e. The van der Waals surface area contributed by atoms with Gasteiger partial charge >= 0.3 is 0 Å². The first kappa shape index (κ1) is 13.8. The molecule has 4 N–H and O–H groups in total. The number of benzene rings is 1. The summed E-state index contributed by atoms with van der Waals surface area (Å²) in [5.41, 5.74) is 5.23. The molecule has 1 aliphatic heterocycles. The van der Waals surface area contributed by atoms with E-state index in [9.17, 15) is 14.3 Å². The molecule has 19 heavy (non-hydrogen) atoms. The normalized spacial score (nSPS) is 18.0. The summed E-state index contributed by atoms with van der Waals surface area (Å²) in [6, 6.07) is 3.62. The van der Waals surface area contributed by atoms with Gasteiger partial charge in [-0.1, -0.05) is 0 Å². The van der Waals surface area contributed by atoms with Gasteiger partial charge < -0.3 is 20.9 Å². The van der Waals surface area contributed by atoms with Crippen LogP contribution in [0.4, 0.5) is 10.1 Å². The van der Waals surface area contributed by atoms with Gasteiger partial charge in [0.1, 0.15) is 5.82 Å². The quantitative estimate of drug-likeness (QED) is 0.704. The van der Waals surface area contributed by atoms with Crippen LogP contribution < -0.4 is 11.1 Å². The van der Waals surface area contributed by atoms with Gasteiger partial charge in [-0.3, -0.25) is 4.79 Å². The monoisotopic (exact) mass is 268 g/mol. The van der Waals surface area contributed by atoms with E-state index in [1.807, 2.05) is 0 Å². The van der Waals surface area contributed by atoms with Crippen molar-refractivity contribution in [1.29, 1.82) is 0 Å². The highest BCUT2D eigenvalue weighted by atomic mass is 19.1. The van der Waals surface area contributed by atoms with E-state index in [0.717, 1.165) is 6.07 Å². The first-order valence-electron chi connectivity index (χ1n) is 6.12. The number of halogens is 1. The summed E-state index contributed by atoms with van der Waals surface area (Å²) in [6.07, 6.45) is 1.08. The molecule has 104 valence electrons. The lowest BCUT2D eigenvalue weighted by atomic mass is 9.90. The molecule has 1 amide bonds. The number of nitrogen functional groups attached to an aromatic ring is 1. The van der Waals surface area contributed by atoms with Crippen LogP contribution in [0.1, 0.15) is 23.2 Å². The van der Waals surface area contributed by atoms with Crippen LogP contribution in [-0.2, 0) is 4.74 Å². The van der Waals surface area contributed by atoms with Crippen LogP contribution in [0.5, 0.6) is 0 Å². The standard InChI is InChI=1S/C13H17FN2O3/c14-9-1-2-10(11(15)7-9)12(18)16-13(8-17)3-5-19-6-4-13/h1-2,7,17H,3-6,8,15H2,(H,16,18). The molecule has 1 aromatic carbocycles. The zero-order chi connectivity index (χ0) is 13.9. The topological polar surface area (TPSA) is 84.6 Å². The molecule has 1 saturated heterocycles. The van der Waals surface area contributed by atoms with Crippen molar-refractivity contribution in [3.63, 3.8) is 0 Å². The first-order valence-corrected chi connectivity index (χ1v) is 6.12. The third kappa shape index (κ3) is 3.02. The zero-order valence-electron chi connectivity index (χ0n) is 10.5. The fourth-order valence-corrected chi connectivity index (χ4v) is 2.13. The molecule has 0 radical (unpaired) electrons. The van der Waals surface area contributed by atoms with Crippen molar-refractivity contribution in [2.24, 2.45) is 0 Å². The number of nitrogens with two attached hydrogens (primary N) is 1. The van der Waals surface area contributed by atoms with Gasteiger partial charge in [0.2, 0.25) is 0 Å². The van der Waals surface area contributed by atoms with Gasteiger partial charge in [0.05, 0.1) is 17.7 Å². The summed E-state index contributed by atoms with van der Waals surface area (Å²) in [5.74, 6) is -0.898. The number of hydrogen-bond acceptors (Lipinski definition) is 4. The largest absolute Gasteiger partial charge is 0.398 e. The van der Waals surface area contributed by atoms with Crippen molar-refractivity contribution in [2.75, 3.05) is 25.6 Å². The van der Waals surface area contributed by atoms with Crippen molar-refractivity contribution in [3.8, 4) is 0 Å². The summed E-state index contributed by atoms with van der Waals surface area (Å²) in [5, 5.41) is 12.3. The molecule has 6 heteroatoms. The smallest absolute Gasteiger partial charge is 0.253 e. The molecule has 0 saturated carbocycles. The zero-order valence-corrected chi connectivity index (χ0v) is 10.5. The molecule has 5 nitrogen and oxygen atoms in total. The Hall–Kier alpha value is -1.66. The highest BCUT2D eigenvalue weighted by Gasteiger charge is 2.34. The summed E-state index contributed by atoms with van der Waals surface area (Å²) in [6.45, 7) is 0.808. The average Bonchev–Trinajstić information content (AvgIpc) is 2.39. The summed E-state index contributed by atoms with van der Waals surface area (Å²) in [7, 11) is 0. The molecular formula is C13H17FN2O3. The third-order valence-electron chi connectivity index (χ3n) is 3.39. The Kier molecular flexibility index (Phi) is 4.01. The number of aliphatic hydroxyl groups excluding tert-OH is 1. The fourth-order valence-electron chi connectivity index (χ4n) is 2.13. The van der Waals surface area contributed by atoms with Crippen LogP contribution in [-0.4, -0.2) is 36.4 Å². The lowest BCUT2D eigenvalue weighted by Crippen LogP contribution is -2.54. The molecular weight excluding hydrogens is 251 g/mol. The van der Waals surface area contributed by atoms with E-state index in [-0.39, 0.29) is 17.9 Å². The van der Waals surface area contributed by atoms with Crippen molar-refractivity contribution in [2.45, 2.75) is 18.4 Å². The maximum atomic E-state index is 12.9. The number of rotatable bonds is 3. The lowest BCUT2D eigenvalue weighted by molar-refractivity contribution is 0.0125. The Labute approximate surface area is 110 Å². The van der Waals surface area contributed by atoms with E-state index >= 15 is 0 Å². The highest BCUT2D eigenvalue weighted by molar-refractivity contribution is 5.99. The second-order valence-electron chi connectivity index (χ2n) is 4.74. The second kappa shape index (κ2) is 5.54. The van der Waals surface area contributed by atoms with E-state index in [0.29, 0.717) is 26.1 Å². The first-order chi connectivity index (χ1) is 9.06. The Balaban J connectivity index is 2.15. The van der Waals surface area contributed by atoms with Crippen molar-refractivity contribution < 1.29 is 19.0 Å². The van der Waals surface area contributed by atoms with Gasteiger partial charge in [0.15, 0.2) is 0 Å². The minimum atomic E-state index is -0.684. The SMILES string of the molecule is Nc1cc(F)ccc1C(=O)NC1(CO)CCOCC1. The Morgan fingerprint density at radius 3 is 2.74 bits per heavy atom. The molecule has 1 heterocycles. The predicted molar refractivity (Wildman–Crippen MR) is 68.1 cm³/mol. The predicted octanol–water partition coefficient (Wildman–Crippen LogP) is 0.679. The number of anilines is 1. The summed E-state index contributed by atoms with van der Waals surface area (Å²) < 4.78 is 18.2. The van der Waals surface area contributed by atoms with Gasteiger partial charge in [0, 0.05) is 18.9 Å². The van der Waals surface area contributed by atoms with Gasteiger partial charge in [-0.05, 0) is 31.0 Å². The van der Waals surface area contributed by atoms with Crippen molar-refractivity contribution >= 4 is 11.6 Å². The number of carbonyl (C=O) groups is 1.